The van der Waals surface area contributed by atoms with Crippen LogP contribution in [0.25, 0.3) is 11.0 Å². The molecule has 2 atom stereocenters. The first-order valence-corrected chi connectivity index (χ1v) is 7.08. The minimum Gasteiger partial charge on any atom is -0.376 e. The molecule has 3 nitrogen and oxygen atoms in total. The Morgan fingerprint density at radius 2 is 2.37 bits per heavy atom. The number of alkyl halides is 1. The molecule has 0 N–H and O–H groups in total. The molecule has 2 unspecified atom stereocenters. The summed E-state index contributed by atoms with van der Waals surface area (Å²) in [6.45, 7) is 2.79. The molecule has 19 heavy (non-hydrogen) atoms. The zero-order chi connectivity index (χ0) is 13.4. The van der Waals surface area contributed by atoms with Crippen LogP contribution in [0.1, 0.15) is 25.2 Å². The Kier molecular flexibility index (Phi) is 3.46. The molecule has 0 saturated carbocycles. The molecule has 0 spiro atoms. The number of hydrogen-bond donors (Lipinski definition) is 0. The third-order valence-electron chi connectivity index (χ3n) is 3.73. The van der Waals surface area contributed by atoms with Crippen LogP contribution < -0.4 is 0 Å². The van der Waals surface area contributed by atoms with Crippen molar-refractivity contribution in [1.29, 1.82) is 0 Å². The van der Waals surface area contributed by atoms with E-state index in [0.717, 1.165) is 24.4 Å². The van der Waals surface area contributed by atoms with Crippen LogP contribution in [-0.4, -0.2) is 28.1 Å². The molecule has 2 aromatic rings. The molecular weight excluding hydrogens is 267 g/mol. The Labute approximate surface area is 116 Å². The summed E-state index contributed by atoms with van der Waals surface area (Å²) in [7, 11) is 0. The number of para-hydroxylation sites is 1. The van der Waals surface area contributed by atoms with Crippen molar-refractivity contribution < 1.29 is 9.13 Å². The lowest BCUT2D eigenvalue weighted by Crippen LogP contribution is -2.19. The monoisotopic (exact) mass is 282 g/mol. The zero-order valence-electron chi connectivity index (χ0n) is 10.8. The number of aryl methyl sites for hydroxylation is 1. The summed E-state index contributed by atoms with van der Waals surface area (Å²) in [5, 5.41) is 0. The highest BCUT2D eigenvalue weighted by Gasteiger charge is 2.29. The Hall–Kier alpha value is -1.13. The van der Waals surface area contributed by atoms with Crippen molar-refractivity contribution in [3.8, 4) is 0 Å². The number of imidazole rings is 1. The van der Waals surface area contributed by atoms with E-state index in [9.17, 15) is 4.39 Å². The zero-order valence-corrected chi connectivity index (χ0v) is 11.5. The maximum atomic E-state index is 13.9. The Morgan fingerprint density at radius 1 is 1.53 bits per heavy atom. The molecule has 102 valence electrons. The van der Waals surface area contributed by atoms with Crippen LogP contribution in [0.15, 0.2) is 18.2 Å². The average Bonchev–Trinajstić information content (AvgIpc) is 2.94. The largest absolute Gasteiger partial charge is 0.376 e. The molecule has 0 amide bonds. The second-order valence-corrected chi connectivity index (χ2v) is 5.25. The molecule has 1 aliphatic rings. The molecule has 5 heteroatoms. The van der Waals surface area contributed by atoms with E-state index in [2.05, 4.69) is 9.55 Å². The third-order valence-corrected chi connectivity index (χ3v) is 3.92. The summed E-state index contributed by atoms with van der Waals surface area (Å²) in [6.07, 6.45) is 1.69. The van der Waals surface area contributed by atoms with Crippen molar-refractivity contribution in [2.24, 2.45) is 0 Å². The highest BCUT2D eigenvalue weighted by molar-refractivity contribution is 6.17. The van der Waals surface area contributed by atoms with Crippen LogP contribution in [0, 0.1) is 5.82 Å². The fourth-order valence-corrected chi connectivity index (χ4v) is 2.99. The van der Waals surface area contributed by atoms with Crippen LogP contribution in [0.2, 0.25) is 0 Å². The lowest BCUT2D eigenvalue weighted by molar-refractivity contribution is 0.108. The van der Waals surface area contributed by atoms with E-state index in [4.69, 9.17) is 16.3 Å². The lowest BCUT2D eigenvalue weighted by atomic mass is 10.1. The van der Waals surface area contributed by atoms with Crippen LogP contribution in [-0.2, 0) is 11.2 Å². The van der Waals surface area contributed by atoms with Gasteiger partial charge in [-0.05, 0) is 25.5 Å². The summed E-state index contributed by atoms with van der Waals surface area (Å²) in [4.78, 5) is 4.43. The topological polar surface area (TPSA) is 27.1 Å². The minimum absolute atomic E-state index is 0.120. The molecule has 3 rings (SSSR count). The van der Waals surface area contributed by atoms with Gasteiger partial charge in [-0.3, -0.25) is 0 Å². The summed E-state index contributed by atoms with van der Waals surface area (Å²) in [5.41, 5.74) is 1.27. The summed E-state index contributed by atoms with van der Waals surface area (Å²) in [5.74, 6) is 1.04. The molecule has 1 aromatic carbocycles. The van der Waals surface area contributed by atoms with Crippen molar-refractivity contribution in [3.05, 3.63) is 29.8 Å². The fraction of sp³-hybridized carbons (Fsp3) is 0.500. The van der Waals surface area contributed by atoms with E-state index in [1.165, 1.54) is 6.07 Å². The highest BCUT2D eigenvalue weighted by atomic mass is 35.5. The van der Waals surface area contributed by atoms with Gasteiger partial charge in [0, 0.05) is 18.9 Å². The summed E-state index contributed by atoms with van der Waals surface area (Å²) >= 11 is 5.84. The SMILES string of the molecule is CC1OCCC1n1c(CCCl)nc2c(F)cccc21. The van der Waals surface area contributed by atoms with Gasteiger partial charge in [0.15, 0.2) is 5.82 Å². The standard InChI is InChI=1S/C14H16ClFN2O/c1-9-11(6-8-19-9)18-12-4-2-3-10(16)14(12)17-13(18)5-7-15/h2-4,9,11H,5-8H2,1H3. The first-order valence-electron chi connectivity index (χ1n) is 6.55. The number of fused-ring (bicyclic) bond motifs is 1. The van der Waals surface area contributed by atoms with Gasteiger partial charge in [-0.25, -0.2) is 9.37 Å². The van der Waals surface area contributed by atoms with Gasteiger partial charge in [0.25, 0.3) is 0 Å². The molecule has 1 aromatic heterocycles. The number of ether oxygens (including phenoxy) is 1. The van der Waals surface area contributed by atoms with Crippen LogP contribution in [0.4, 0.5) is 4.39 Å². The quantitative estimate of drug-likeness (QED) is 0.808. The number of halogens is 2. The van der Waals surface area contributed by atoms with Crippen LogP contribution >= 0.6 is 11.6 Å². The van der Waals surface area contributed by atoms with E-state index in [0.29, 0.717) is 17.8 Å². The van der Waals surface area contributed by atoms with Gasteiger partial charge in [0.1, 0.15) is 11.3 Å². The lowest BCUT2D eigenvalue weighted by Gasteiger charge is -2.19. The van der Waals surface area contributed by atoms with Gasteiger partial charge >= 0.3 is 0 Å². The summed E-state index contributed by atoms with van der Waals surface area (Å²) in [6, 6.07) is 5.29. The molecular formula is C14H16ClFN2O. The van der Waals surface area contributed by atoms with Crippen molar-refractivity contribution in [2.75, 3.05) is 12.5 Å². The normalized spacial score (nSPS) is 23.3. The van der Waals surface area contributed by atoms with E-state index in [1.54, 1.807) is 6.07 Å². The number of aromatic nitrogens is 2. The molecule has 0 aliphatic carbocycles. The number of hydrogen-bond acceptors (Lipinski definition) is 2. The smallest absolute Gasteiger partial charge is 0.151 e. The number of rotatable bonds is 3. The average molecular weight is 283 g/mol. The van der Waals surface area contributed by atoms with E-state index in [1.807, 2.05) is 13.0 Å². The van der Waals surface area contributed by atoms with Gasteiger partial charge in [-0.15, -0.1) is 11.6 Å². The molecule has 0 bridgehead atoms. The van der Waals surface area contributed by atoms with E-state index >= 15 is 0 Å². The number of nitrogens with zero attached hydrogens (tertiary/aromatic N) is 2. The molecule has 2 heterocycles. The second kappa shape index (κ2) is 5.10. The minimum atomic E-state index is -0.279. The van der Waals surface area contributed by atoms with E-state index < -0.39 is 0 Å². The Bertz CT molecular complexity index is 598. The third kappa shape index (κ3) is 2.13. The van der Waals surface area contributed by atoms with Crippen molar-refractivity contribution in [2.45, 2.75) is 31.9 Å². The van der Waals surface area contributed by atoms with Crippen molar-refractivity contribution >= 4 is 22.6 Å². The van der Waals surface area contributed by atoms with Crippen molar-refractivity contribution in [1.82, 2.24) is 9.55 Å². The Morgan fingerprint density at radius 3 is 3.05 bits per heavy atom. The maximum absolute atomic E-state index is 13.9. The molecule has 1 aliphatic heterocycles. The second-order valence-electron chi connectivity index (χ2n) is 4.88. The molecule has 1 fully saturated rings. The predicted molar refractivity (Wildman–Crippen MR) is 73.2 cm³/mol. The maximum Gasteiger partial charge on any atom is 0.151 e. The summed E-state index contributed by atoms with van der Waals surface area (Å²) < 4.78 is 21.6. The van der Waals surface area contributed by atoms with Crippen molar-refractivity contribution in [3.63, 3.8) is 0 Å². The van der Waals surface area contributed by atoms with Gasteiger partial charge in [-0.2, -0.15) is 0 Å². The Balaban J connectivity index is 2.19. The van der Waals surface area contributed by atoms with Gasteiger partial charge < -0.3 is 9.30 Å². The molecule has 0 radical (unpaired) electrons. The van der Waals surface area contributed by atoms with E-state index in [-0.39, 0.29) is 18.0 Å². The highest BCUT2D eigenvalue weighted by Crippen LogP contribution is 2.32. The van der Waals surface area contributed by atoms with Gasteiger partial charge in [0.2, 0.25) is 0 Å². The van der Waals surface area contributed by atoms with Gasteiger partial charge in [-0.1, -0.05) is 6.07 Å². The first-order chi connectivity index (χ1) is 9.22. The van der Waals surface area contributed by atoms with Gasteiger partial charge in [0.05, 0.1) is 17.7 Å². The van der Waals surface area contributed by atoms with Crippen LogP contribution in [0.5, 0.6) is 0 Å². The number of benzene rings is 1. The molecule has 1 saturated heterocycles. The predicted octanol–water partition coefficient (Wildman–Crippen LogP) is 3.31. The van der Waals surface area contributed by atoms with Crippen LogP contribution in [0.3, 0.4) is 0 Å². The fourth-order valence-electron chi connectivity index (χ4n) is 2.82. The first kappa shape index (κ1) is 12.9.